The van der Waals surface area contributed by atoms with Gasteiger partial charge in [-0.05, 0) is 23.1 Å². The van der Waals surface area contributed by atoms with E-state index in [2.05, 4.69) is 0 Å². The fourth-order valence-corrected chi connectivity index (χ4v) is 1.50. The van der Waals surface area contributed by atoms with Gasteiger partial charge in [0, 0.05) is 17.7 Å². The van der Waals surface area contributed by atoms with Crippen LogP contribution in [0, 0.1) is 11.2 Å². The Balaban J connectivity index is 2.56. The highest BCUT2D eigenvalue weighted by Gasteiger charge is 2.19. The summed E-state index contributed by atoms with van der Waals surface area (Å²) in [7, 11) is 0. The largest absolute Gasteiger partial charge is 0.299 e. The minimum absolute atomic E-state index is 0.0801. The Hall–Kier alpha value is -1.09. The van der Waals surface area contributed by atoms with Gasteiger partial charge < -0.3 is 0 Å². The van der Waals surface area contributed by atoms with Crippen molar-refractivity contribution < 1.29 is 9.18 Å². The lowest BCUT2D eigenvalue weighted by atomic mass is 9.88. The average molecular weight is 252 g/mol. The molecule has 17 heavy (non-hydrogen) atoms. The lowest BCUT2D eigenvalue weighted by molar-refractivity contribution is -0.117. The van der Waals surface area contributed by atoms with E-state index in [1.807, 2.05) is 20.8 Å². The van der Waals surface area contributed by atoms with Gasteiger partial charge in [0.05, 0.1) is 0 Å². The fourth-order valence-electron chi connectivity index (χ4n) is 1.34. The van der Waals surface area contributed by atoms with Crippen molar-refractivity contribution in [1.82, 2.24) is 0 Å². The van der Waals surface area contributed by atoms with Gasteiger partial charge in [-0.25, -0.2) is 4.39 Å². The summed E-state index contributed by atoms with van der Waals surface area (Å²) in [5.41, 5.74) is 0.710. The van der Waals surface area contributed by atoms with Crippen LogP contribution in [0.15, 0.2) is 24.3 Å². The maximum absolute atomic E-state index is 12.7. The molecule has 3 heteroatoms. The third-order valence-electron chi connectivity index (χ3n) is 2.51. The summed E-state index contributed by atoms with van der Waals surface area (Å²) in [4.78, 5) is 12.5. The number of Topliss-reactive ketones (excluding diaryl/α,β-unsaturated/α-hetero) is 1. The topological polar surface area (TPSA) is 17.1 Å². The maximum Gasteiger partial charge on any atom is 0.142 e. The summed E-state index contributed by atoms with van der Waals surface area (Å²) in [5, 5.41) is 0. The summed E-state index contributed by atoms with van der Waals surface area (Å²) in [6.45, 7) is 6.00. The Bertz CT molecular complexity index is 415. The van der Waals surface area contributed by atoms with Crippen LogP contribution in [0.25, 0.3) is 0 Å². The third kappa shape index (κ3) is 4.73. The summed E-state index contributed by atoms with van der Waals surface area (Å²) < 4.78 is 12.7. The normalized spacial score (nSPS) is 11.3. The Labute approximate surface area is 107 Å². The van der Waals surface area contributed by atoms with Gasteiger partial charge in [-0.1, -0.05) is 45.1 Å². The minimum Gasteiger partial charge on any atom is -0.299 e. The van der Waals surface area contributed by atoms with Crippen molar-refractivity contribution in [3.63, 3.8) is 0 Å². The van der Waals surface area contributed by atoms with E-state index in [0.717, 1.165) is 10.4 Å². The summed E-state index contributed by atoms with van der Waals surface area (Å²) in [6.07, 6.45) is 0.632. The lowest BCUT2D eigenvalue weighted by Gasteiger charge is -2.19. The minimum atomic E-state index is -0.286. The number of carbonyl (C=O) groups excluding carboxylic acids is 1. The zero-order valence-corrected chi connectivity index (χ0v) is 11.2. The summed E-state index contributed by atoms with van der Waals surface area (Å²) >= 11 is 5.22. The highest BCUT2D eigenvalue weighted by atomic mass is 32.1. The van der Waals surface area contributed by atoms with Crippen LogP contribution in [0.5, 0.6) is 0 Å². The van der Waals surface area contributed by atoms with Crippen molar-refractivity contribution in [2.24, 2.45) is 5.41 Å². The molecule has 0 heterocycles. The lowest BCUT2D eigenvalue weighted by Crippen LogP contribution is -2.22. The molecule has 0 aromatic heterocycles. The van der Waals surface area contributed by atoms with Gasteiger partial charge in [-0.3, -0.25) is 4.79 Å². The fraction of sp³-hybridized carbons (Fsp3) is 0.429. The standard InChI is InChI=1S/C14H17FOS/c1-14(2,3)13(17)9-12(16)8-10-4-6-11(15)7-5-10/h4-7H,8-9H2,1-3H3. The first-order valence-corrected chi connectivity index (χ1v) is 5.99. The molecule has 92 valence electrons. The van der Waals surface area contributed by atoms with Gasteiger partial charge in [0.25, 0.3) is 0 Å². The molecular formula is C14H17FOS. The number of benzene rings is 1. The second kappa shape index (κ2) is 5.50. The van der Waals surface area contributed by atoms with Crippen LogP contribution in [-0.4, -0.2) is 10.6 Å². The Morgan fingerprint density at radius 1 is 1.24 bits per heavy atom. The van der Waals surface area contributed by atoms with Gasteiger partial charge in [-0.15, -0.1) is 0 Å². The number of carbonyl (C=O) groups is 1. The molecule has 0 fully saturated rings. The molecule has 1 rings (SSSR count). The van der Waals surface area contributed by atoms with Crippen molar-refractivity contribution in [1.29, 1.82) is 0 Å². The second-order valence-corrected chi connectivity index (χ2v) is 5.68. The van der Waals surface area contributed by atoms with Gasteiger partial charge in [-0.2, -0.15) is 0 Å². The maximum atomic E-state index is 12.7. The molecular weight excluding hydrogens is 235 g/mol. The van der Waals surface area contributed by atoms with E-state index in [-0.39, 0.29) is 17.0 Å². The zero-order valence-electron chi connectivity index (χ0n) is 10.4. The molecule has 0 radical (unpaired) electrons. The highest BCUT2D eigenvalue weighted by Crippen LogP contribution is 2.19. The first-order valence-electron chi connectivity index (χ1n) is 5.58. The smallest absolute Gasteiger partial charge is 0.142 e. The van der Waals surface area contributed by atoms with Crippen LogP contribution < -0.4 is 0 Å². The van der Waals surface area contributed by atoms with E-state index in [1.165, 1.54) is 12.1 Å². The average Bonchev–Trinajstić information content (AvgIpc) is 2.20. The Morgan fingerprint density at radius 3 is 2.24 bits per heavy atom. The molecule has 0 amide bonds. The molecule has 1 nitrogen and oxygen atoms in total. The van der Waals surface area contributed by atoms with Crippen LogP contribution in [0.1, 0.15) is 32.8 Å². The van der Waals surface area contributed by atoms with Crippen LogP contribution in [0.3, 0.4) is 0 Å². The summed E-state index contributed by atoms with van der Waals surface area (Å²) in [6, 6.07) is 6.00. The number of rotatable bonds is 4. The first kappa shape index (κ1) is 14.0. The van der Waals surface area contributed by atoms with E-state index in [9.17, 15) is 9.18 Å². The molecule has 0 atom stereocenters. The van der Waals surface area contributed by atoms with E-state index >= 15 is 0 Å². The molecule has 0 unspecified atom stereocenters. The first-order chi connectivity index (χ1) is 7.79. The van der Waals surface area contributed by atoms with E-state index < -0.39 is 0 Å². The van der Waals surface area contributed by atoms with E-state index in [4.69, 9.17) is 12.2 Å². The van der Waals surface area contributed by atoms with Crippen LogP contribution in [0.2, 0.25) is 0 Å². The quantitative estimate of drug-likeness (QED) is 0.759. The van der Waals surface area contributed by atoms with Crippen molar-refractivity contribution in [2.75, 3.05) is 0 Å². The van der Waals surface area contributed by atoms with Gasteiger partial charge in [0.1, 0.15) is 11.6 Å². The van der Waals surface area contributed by atoms with Crippen LogP contribution in [0.4, 0.5) is 4.39 Å². The van der Waals surface area contributed by atoms with Crippen molar-refractivity contribution in [2.45, 2.75) is 33.6 Å². The third-order valence-corrected chi connectivity index (χ3v) is 3.27. The predicted molar refractivity (Wildman–Crippen MR) is 71.8 cm³/mol. The van der Waals surface area contributed by atoms with E-state index in [1.54, 1.807) is 12.1 Å². The number of ketones is 1. The van der Waals surface area contributed by atoms with Gasteiger partial charge in [0.15, 0.2) is 0 Å². The molecule has 1 aromatic carbocycles. The SMILES string of the molecule is CC(C)(C)C(=S)CC(=O)Cc1ccc(F)cc1. The molecule has 0 aliphatic heterocycles. The zero-order chi connectivity index (χ0) is 13.1. The van der Waals surface area contributed by atoms with Crippen LogP contribution >= 0.6 is 12.2 Å². The van der Waals surface area contributed by atoms with Gasteiger partial charge in [0.2, 0.25) is 0 Å². The summed E-state index contributed by atoms with van der Waals surface area (Å²) in [5.74, 6) is -0.206. The molecule has 0 saturated heterocycles. The number of thiocarbonyl (C=S) groups is 1. The Morgan fingerprint density at radius 2 is 1.76 bits per heavy atom. The van der Waals surface area contributed by atoms with E-state index in [0.29, 0.717) is 12.8 Å². The van der Waals surface area contributed by atoms with Crippen molar-refractivity contribution >= 4 is 22.9 Å². The molecule has 0 saturated carbocycles. The van der Waals surface area contributed by atoms with Crippen molar-refractivity contribution in [3.8, 4) is 0 Å². The number of hydrogen-bond donors (Lipinski definition) is 0. The Kier molecular flexibility index (Phi) is 4.52. The molecule has 0 aliphatic carbocycles. The second-order valence-electron chi connectivity index (χ2n) is 5.19. The molecule has 0 spiro atoms. The molecule has 1 aromatic rings. The van der Waals surface area contributed by atoms with Crippen LogP contribution in [-0.2, 0) is 11.2 Å². The molecule has 0 aliphatic rings. The number of hydrogen-bond acceptors (Lipinski definition) is 2. The number of halogens is 1. The molecule has 0 bridgehead atoms. The highest BCUT2D eigenvalue weighted by molar-refractivity contribution is 7.80. The molecule has 0 N–H and O–H groups in total. The monoisotopic (exact) mass is 252 g/mol. The van der Waals surface area contributed by atoms with Crippen molar-refractivity contribution in [3.05, 3.63) is 35.6 Å². The predicted octanol–water partition coefficient (Wildman–Crippen LogP) is 3.74. The van der Waals surface area contributed by atoms with Gasteiger partial charge >= 0.3 is 0 Å².